The third-order valence-corrected chi connectivity index (χ3v) is 4.09. The van der Waals surface area contributed by atoms with E-state index >= 15 is 0 Å². The maximum Gasteiger partial charge on any atom is 0.338 e. The molecule has 0 saturated heterocycles. The highest BCUT2D eigenvalue weighted by Crippen LogP contribution is 2.33. The first kappa shape index (κ1) is 21.4. The molecular formula is C19H18Cl3NO4. The molecule has 0 radical (unpaired) electrons. The van der Waals surface area contributed by atoms with Gasteiger partial charge in [0, 0.05) is 5.02 Å². The second-order valence-corrected chi connectivity index (χ2v) is 7.35. The second kappa shape index (κ2) is 9.83. The predicted molar refractivity (Wildman–Crippen MR) is 107 cm³/mol. The number of anilines is 1. The molecule has 0 fully saturated rings. The lowest BCUT2D eigenvalue weighted by Gasteiger charge is -2.11. The van der Waals surface area contributed by atoms with E-state index in [1.54, 1.807) is 24.3 Å². The Morgan fingerprint density at radius 1 is 1.04 bits per heavy atom. The van der Waals surface area contributed by atoms with Crippen molar-refractivity contribution in [1.29, 1.82) is 0 Å². The van der Waals surface area contributed by atoms with Crippen LogP contribution < -0.4 is 10.1 Å². The largest absolute Gasteiger partial charge is 0.493 e. The Morgan fingerprint density at radius 2 is 1.63 bits per heavy atom. The third-order valence-electron chi connectivity index (χ3n) is 3.28. The third kappa shape index (κ3) is 6.61. The first-order valence-electron chi connectivity index (χ1n) is 8.10. The Morgan fingerprint density at radius 3 is 2.19 bits per heavy atom. The Balaban J connectivity index is 1.89. The quantitative estimate of drug-likeness (QED) is 0.591. The van der Waals surface area contributed by atoms with Crippen molar-refractivity contribution in [3.63, 3.8) is 0 Å². The molecule has 144 valence electrons. The molecule has 5 nitrogen and oxygen atoms in total. The number of nitrogens with one attached hydrogen (secondary N) is 1. The van der Waals surface area contributed by atoms with Crippen LogP contribution in [-0.2, 0) is 9.53 Å². The van der Waals surface area contributed by atoms with Gasteiger partial charge in [0.05, 0.1) is 27.9 Å². The molecular weight excluding hydrogens is 413 g/mol. The summed E-state index contributed by atoms with van der Waals surface area (Å²) in [4.78, 5) is 24.0. The zero-order chi connectivity index (χ0) is 20.0. The SMILES string of the molecule is CC(C)COc1ccc(C(=O)OCC(=O)Nc2c(Cl)cc(Cl)cc2Cl)cc1. The molecule has 0 aliphatic heterocycles. The van der Waals surface area contributed by atoms with Crippen molar-refractivity contribution < 1.29 is 19.1 Å². The summed E-state index contributed by atoms with van der Waals surface area (Å²) in [6, 6.07) is 9.38. The normalized spacial score (nSPS) is 10.6. The first-order valence-corrected chi connectivity index (χ1v) is 9.24. The lowest BCUT2D eigenvalue weighted by atomic mass is 10.2. The summed E-state index contributed by atoms with van der Waals surface area (Å²) < 4.78 is 10.5. The van der Waals surface area contributed by atoms with Crippen LogP contribution in [0.4, 0.5) is 5.69 Å². The van der Waals surface area contributed by atoms with Crippen molar-refractivity contribution in [2.45, 2.75) is 13.8 Å². The summed E-state index contributed by atoms with van der Waals surface area (Å²) in [5.41, 5.74) is 0.512. The van der Waals surface area contributed by atoms with Gasteiger partial charge in [-0.3, -0.25) is 4.79 Å². The zero-order valence-corrected chi connectivity index (χ0v) is 17.0. The number of carbonyl (C=O) groups excluding carboxylic acids is 2. The van der Waals surface area contributed by atoms with Crippen LogP contribution in [0.15, 0.2) is 36.4 Å². The van der Waals surface area contributed by atoms with Gasteiger partial charge in [0.15, 0.2) is 6.61 Å². The van der Waals surface area contributed by atoms with Gasteiger partial charge in [0.1, 0.15) is 5.75 Å². The standard InChI is InChI=1S/C19H18Cl3NO4/c1-11(2)9-26-14-5-3-12(4-6-14)19(25)27-10-17(24)23-18-15(21)7-13(20)8-16(18)22/h3-8,11H,9-10H2,1-2H3,(H,23,24). The molecule has 0 saturated carbocycles. The van der Waals surface area contributed by atoms with E-state index in [4.69, 9.17) is 44.3 Å². The summed E-state index contributed by atoms with van der Waals surface area (Å²) in [6.07, 6.45) is 0. The molecule has 0 spiro atoms. The van der Waals surface area contributed by atoms with Gasteiger partial charge in [0.25, 0.3) is 5.91 Å². The Bertz CT molecular complexity index is 799. The van der Waals surface area contributed by atoms with Gasteiger partial charge in [-0.05, 0) is 42.3 Å². The van der Waals surface area contributed by atoms with E-state index in [0.29, 0.717) is 28.9 Å². The van der Waals surface area contributed by atoms with Gasteiger partial charge >= 0.3 is 5.97 Å². The average molecular weight is 431 g/mol. The van der Waals surface area contributed by atoms with Gasteiger partial charge in [-0.15, -0.1) is 0 Å². The molecule has 2 aromatic carbocycles. The van der Waals surface area contributed by atoms with E-state index in [9.17, 15) is 9.59 Å². The monoisotopic (exact) mass is 429 g/mol. The Labute approximate surface area is 172 Å². The molecule has 0 bridgehead atoms. The smallest absolute Gasteiger partial charge is 0.338 e. The first-order chi connectivity index (χ1) is 12.8. The summed E-state index contributed by atoms with van der Waals surface area (Å²) in [5.74, 6) is -0.152. The molecule has 8 heteroatoms. The van der Waals surface area contributed by atoms with Crippen LogP contribution in [-0.4, -0.2) is 25.1 Å². The summed E-state index contributed by atoms with van der Waals surface area (Å²) in [5, 5.41) is 3.20. The number of halogens is 3. The van der Waals surface area contributed by atoms with E-state index < -0.39 is 18.5 Å². The van der Waals surface area contributed by atoms with E-state index in [-0.39, 0.29) is 15.7 Å². The number of rotatable bonds is 7. The Kier molecular flexibility index (Phi) is 7.78. The van der Waals surface area contributed by atoms with Crippen LogP contribution in [0.25, 0.3) is 0 Å². The summed E-state index contributed by atoms with van der Waals surface area (Å²) in [7, 11) is 0. The van der Waals surface area contributed by atoms with Crippen molar-refractivity contribution in [3.05, 3.63) is 57.0 Å². The maximum absolute atomic E-state index is 12.0. The summed E-state index contributed by atoms with van der Waals surface area (Å²) in [6.45, 7) is 4.18. The molecule has 1 N–H and O–H groups in total. The minimum absolute atomic E-state index is 0.184. The van der Waals surface area contributed by atoms with Crippen molar-refractivity contribution in [2.75, 3.05) is 18.5 Å². The van der Waals surface area contributed by atoms with Crippen LogP contribution in [0.3, 0.4) is 0 Å². The summed E-state index contributed by atoms with van der Waals surface area (Å²) >= 11 is 17.8. The number of esters is 1. The number of amides is 1. The van der Waals surface area contributed by atoms with Crippen LogP contribution in [0.2, 0.25) is 15.1 Å². The van der Waals surface area contributed by atoms with E-state index in [1.165, 1.54) is 12.1 Å². The second-order valence-electron chi connectivity index (χ2n) is 6.10. The molecule has 0 unspecified atom stereocenters. The van der Waals surface area contributed by atoms with E-state index in [0.717, 1.165) is 0 Å². The highest BCUT2D eigenvalue weighted by atomic mass is 35.5. The van der Waals surface area contributed by atoms with E-state index in [1.807, 2.05) is 13.8 Å². The zero-order valence-electron chi connectivity index (χ0n) is 14.7. The van der Waals surface area contributed by atoms with Gasteiger partial charge < -0.3 is 14.8 Å². The molecule has 0 aromatic heterocycles. The predicted octanol–water partition coefficient (Wildman–Crippen LogP) is 5.48. The van der Waals surface area contributed by atoms with Crippen molar-refractivity contribution in [2.24, 2.45) is 5.92 Å². The van der Waals surface area contributed by atoms with E-state index in [2.05, 4.69) is 5.32 Å². The molecule has 2 aromatic rings. The Hall–Kier alpha value is -1.95. The van der Waals surface area contributed by atoms with Gasteiger partial charge in [-0.25, -0.2) is 4.79 Å². The van der Waals surface area contributed by atoms with Crippen LogP contribution >= 0.6 is 34.8 Å². The number of carbonyl (C=O) groups is 2. The number of benzene rings is 2. The minimum Gasteiger partial charge on any atom is -0.493 e. The molecule has 2 rings (SSSR count). The molecule has 27 heavy (non-hydrogen) atoms. The fourth-order valence-corrected chi connectivity index (χ4v) is 2.91. The fraction of sp³-hybridized carbons (Fsp3) is 0.263. The van der Waals surface area contributed by atoms with Crippen LogP contribution in [0.1, 0.15) is 24.2 Å². The molecule has 0 heterocycles. The van der Waals surface area contributed by atoms with Crippen LogP contribution in [0.5, 0.6) is 5.75 Å². The maximum atomic E-state index is 12.0. The average Bonchev–Trinajstić information content (AvgIpc) is 2.61. The van der Waals surface area contributed by atoms with Crippen molar-refractivity contribution in [1.82, 2.24) is 0 Å². The molecule has 0 atom stereocenters. The topological polar surface area (TPSA) is 64.6 Å². The lowest BCUT2D eigenvalue weighted by Crippen LogP contribution is -2.21. The van der Waals surface area contributed by atoms with Gasteiger partial charge in [-0.1, -0.05) is 48.7 Å². The minimum atomic E-state index is -0.631. The highest BCUT2D eigenvalue weighted by molar-refractivity contribution is 6.42. The van der Waals surface area contributed by atoms with Crippen molar-refractivity contribution in [3.8, 4) is 5.75 Å². The van der Waals surface area contributed by atoms with Crippen molar-refractivity contribution >= 4 is 52.4 Å². The van der Waals surface area contributed by atoms with Gasteiger partial charge in [-0.2, -0.15) is 0 Å². The van der Waals surface area contributed by atoms with Gasteiger partial charge in [0.2, 0.25) is 0 Å². The molecule has 1 amide bonds. The lowest BCUT2D eigenvalue weighted by molar-refractivity contribution is -0.119. The molecule has 0 aliphatic carbocycles. The number of hydrogen-bond acceptors (Lipinski definition) is 4. The van der Waals surface area contributed by atoms with Crippen LogP contribution in [0, 0.1) is 5.92 Å². The number of ether oxygens (including phenoxy) is 2. The fourth-order valence-electron chi connectivity index (χ4n) is 2.00. The molecule has 0 aliphatic rings. The highest BCUT2D eigenvalue weighted by Gasteiger charge is 2.14. The number of hydrogen-bond donors (Lipinski definition) is 1.